The molecule has 1 aromatic carbocycles. The molecule has 0 radical (unpaired) electrons. The van der Waals surface area contributed by atoms with E-state index in [0.29, 0.717) is 16.1 Å². The minimum absolute atomic E-state index is 0.0879. The minimum Gasteiger partial charge on any atom is -0.312 e. The zero-order valence-electron chi connectivity index (χ0n) is 13.8. The van der Waals surface area contributed by atoms with E-state index in [1.165, 1.54) is 22.3 Å². The molecule has 128 valence electrons. The number of benzene rings is 1. The monoisotopic (exact) mass is 355 g/mol. The van der Waals surface area contributed by atoms with Crippen molar-refractivity contribution < 1.29 is 9.72 Å². The molecule has 1 aromatic heterocycles. The van der Waals surface area contributed by atoms with Crippen LogP contribution in [0, 0.1) is 28.4 Å². The van der Waals surface area contributed by atoms with E-state index in [1.54, 1.807) is 19.1 Å². The molecule has 1 amide bonds. The predicted octanol–water partition coefficient (Wildman–Crippen LogP) is 4.36. The SMILES string of the molecule is Cc1ccc(C(=O)Nc2sc3c(c2C#N)CCCCC3)cc1[N+](=O)[O-]. The molecule has 0 bridgehead atoms. The third-order valence-corrected chi connectivity index (χ3v) is 5.64. The fourth-order valence-corrected chi connectivity index (χ4v) is 4.31. The van der Waals surface area contributed by atoms with Crippen molar-refractivity contribution in [2.45, 2.75) is 39.0 Å². The Morgan fingerprint density at radius 2 is 2.08 bits per heavy atom. The van der Waals surface area contributed by atoms with E-state index in [2.05, 4.69) is 11.4 Å². The van der Waals surface area contributed by atoms with Crippen LogP contribution in [0.4, 0.5) is 10.7 Å². The van der Waals surface area contributed by atoms with Crippen LogP contribution in [0.15, 0.2) is 18.2 Å². The van der Waals surface area contributed by atoms with E-state index in [-0.39, 0.29) is 11.3 Å². The van der Waals surface area contributed by atoms with Crippen LogP contribution in [0.5, 0.6) is 0 Å². The number of aryl methyl sites for hydroxylation is 2. The Kier molecular flexibility index (Phi) is 4.81. The molecule has 6 nitrogen and oxygen atoms in total. The molecule has 2 aromatic rings. The number of nitrogens with zero attached hydrogens (tertiary/aromatic N) is 2. The number of nitro groups is 1. The molecule has 0 spiro atoms. The van der Waals surface area contributed by atoms with Crippen molar-refractivity contribution in [3.8, 4) is 6.07 Å². The molecule has 1 N–H and O–H groups in total. The normalized spacial score (nSPS) is 13.4. The molecule has 1 aliphatic carbocycles. The number of hydrogen-bond acceptors (Lipinski definition) is 5. The first-order valence-corrected chi connectivity index (χ1v) is 8.94. The Bertz CT molecular complexity index is 896. The van der Waals surface area contributed by atoms with Gasteiger partial charge in [-0.1, -0.05) is 12.5 Å². The highest BCUT2D eigenvalue weighted by molar-refractivity contribution is 7.16. The van der Waals surface area contributed by atoms with Crippen molar-refractivity contribution in [2.75, 3.05) is 5.32 Å². The highest BCUT2D eigenvalue weighted by Crippen LogP contribution is 2.37. The average molecular weight is 355 g/mol. The maximum atomic E-state index is 12.5. The Hall–Kier alpha value is -2.72. The van der Waals surface area contributed by atoms with Crippen molar-refractivity contribution in [2.24, 2.45) is 0 Å². The summed E-state index contributed by atoms with van der Waals surface area (Å²) < 4.78 is 0. The second-order valence-corrected chi connectivity index (χ2v) is 7.20. The maximum Gasteiger partial charge on any atom is 0.273 e. The third-order valence-electron chi connectivity index (χ3n) is 4.43. The highest BCUT2D eigenvalue weighted by atomic mass is 32.1. The van der Waals surface area contributed by atoms with Crippen LogP contribution in [0.2, 0.25) is 0 Å². The van der Waals surface area contributed by atoms with Crippen LogP contribution >= 0.6 is 11.3 Å². The van der Waals surface area contributed by atoms with Gasteiger partial charge >= 0.3 is 0 Å². The summed E-state index contributed by atoms with van der Waals surface area (Å²) in [7, 11) is 0. The van der Waals surface area contributed by atoms with Crippen LogP contribution < -0.4 is 5.32 Å². The van der Waals surface area contributed by atoms with Crippen molar-refractivity contribution in [3.63, 3.8) is 0 Å². The van der Waals surface area contributed by atoms with Crippen LogP contribution in [0.1, 0.15) is 51.2 Å². The van der Waals surface area contributed by atoms with E-state index in [1.807, 2.05) is 0 Å². The molecule has 7 heteroatoms. The number of nitrogens with one attached hydrogen (secondary N) is 1. The van der Waals surface area contributed by atoms with E-state index in [4.69, 9.17) is 0 Å². The molecular formula is C18H17N3O3S. The summed E-state index contributed by atoms with van der Waals surface area (Å²) in [6.07, 6.45) is 5.09. The minimum atomic E-state index is -0.500. The summed E-state index contributed by atoms with van der Waals surface area (Å²) in [5.74, 6) is -0.434. The summed E-state index contributed by atoms with van der Waals surface area (Å²) in [6.45, 7) is 1.63. The van der Waals surface area contributed by atoms with Gasteiger partial charge in [-0.2, -0.15) is 5.26 Å². The number of carbonyl (C=O) groups excluding carboxylic acids is 1. The Morgan fingerprint density at radius 1 is 1.32 bits per heavy atom. The summed E-state index contributed by atoms with van der Waals surface area (Å²) >= 11 is 1.45. The summed E-state index contributed by atoms with van der Waals surface area (Å²) in [5.41, 5.74) is 2.22. The van der Waals surface area contributed by atoms with Crippen molar-refractivity contribution in [1.82, 2.24) is 0 Å². The molecule has 0 aliphatic heterocycles. The quantitative estimate of drug-likeness (QED) is 0.503. The zero-order valence-corrected chi connectivity index (χ0v) is 14.6. The number of fused-ring (bicyclic) bond motifs is 1. The van der Waals surface area contributed by atoms with E-state index in [0.717, 1.165) is 37.7 Å². The molecule has 0 atom stereocenters. The predicted molar refractivity (Wildman–Crippen MR) is 96.1 cm³/mol. The smallest absolute Gasteiger partial charge is 0.273 e. The fraction of sp³-hybridized carbons (Fsp3) is 0.333. The maximum absolute atomic E-state index is 12.5. The average Bonchev–Trinajstić information content (AvgIpc) is 2.75. The lowest BCUT2D eigenvalue weighted by molar-refractivity contribution is -0.385. The Labute approximate surface area is 149 Å². The van der Waals surface area contributed by atoms with Gasteiger partial charge < -0.3 is 5.32 Å². The summed E-state index contributed by atoms with van der Waals surface area (Å²) in [6, 6.07) is 6.60. The van der Waals surface area contributed by atoms with Gasteiger partial charge in [0.05, 0.1) is 10.5 Å². The number of carbonyl (C=O) groups is 1. The molecule has 0 fully saturated rings. The third kappa shape index (κ3) is 3.39. The first kappa shape index (κ1) is 17.1. The van der Waals surface area contributed by atoms with Crippen LogP contribution in [0.25, 0.3) is 0 Å². The number of nitro benzene ring substituents is 1. The van der Waals surface area contributed by atoms with Crippen LogP contribution in [-0.4, -0.2) is 10.8 Å². The number of nitriles is 1. The molecule has 25 heavy (non-hydrogen) atoms. The number of rotatable bonds is 3. The van der Waals surface area contributed by atoms with Gasteiger partial charge in [0.25, 0.3) is 11.6 Å². The fourth-order valence-electron chi connectivity index (χ4n) is 3.07. The Morgan fingerprint density at radius 3 is 2.80 bits per heavy atom. The Balaban J connectivity index is 1.90. The van der Waals surface area contributed by atoms with Crippen LogP contribution in [-0.2, 0) is 12.8 Å². The summed E-state index contributed by atoms with van der Waals surface area (Å²) in [5, 5.41) is 23.9. The van der Waals surface area contributed by atoms with Crippen molar-refractivity contribution >= 4 is 27.9 Å². The molecule has 1 heterocycles. The largest absolute Gasteiger partial charge is 0.312 e. The summed E-state index contributed by atoms with van der Waals surface area (Å²) in [4.78, 5) is 24.2. The molecule has 0 unspecified atom stereocenters. The molecular weight excluding hydrogens is 338 g/mol. The lowest BCUT2D eigenvalue weighted by Crippen LogP contribution is -2.12. The molecule has 0 saturated heterocycles. The lowest BCUT2D eigenvalue weighted by atomic mass is 10.1. The second kappa shape index (κ2) is 7.03. The van der Waals surface area contributed by atoms with Gasteiger partial charge in [0.2, 0.25) is 0 Å². The first-order chi connectivity index (χ1) is 12.0. The van der Waals surface area contributed by atoms with Gasteiger partial charge in [-0.3, -0.25) is 14.9 Å². The van der Waals surface area contributed by atoms with E-state index >= 15 is 0 Å². The second-order valence-electron chi connectivity index (χ2n) is 6.09. The first-order valence-electron chi connectivity index (χ1n) is 8.12. The number of hydrogen-bond donors (Lipinski definition) is 1. The van der Waals surface area contributed by atoms with Crippen molar-refractivity contribution in [3.05, 3.63) is 55.4 Å². The molecule has 3 rings (SSSR count). The molecule has 1 aliphatic rings. The van der Waals surface area contributed by atoms with Gasteiger partial charge in [-0.25, -0.2) is 0 Å². The lowest BCUT2D eigenvalue weighted by Gasteiger charge is -2.05. The number of anilines is 1. The van der Waals surface area contributed by atoms with E-state index in [9.17, 15) is 20.2 Å². The van der Waals surface area contributed by atoms with Gasteiger partial charge in [0.1, 0.15) is 11.1 Å². The van der Waals surface area contributed by atoms with Gasteiger partial charge in [0.15, 0.2) is 0 Å². The number of amides is 1. The number of thiophene rings is 1. The molecule has 0 saturated carbocycles. The van der Waals surface area contributed by atoms with Crippen molar-refractivity contribution in [1.29, 1.82) is 5.26 Å². The van der Waals surface area contributed by atoms with Gasteiger partial charge in [0, 0.05) is 22.1 Å². The van der Waals surface area contributed by atoms with E-state index < -0.39 is 10.8 Å². The van der Waals surface area contributed by atoms with Gasteiger partial charge in [-0.15, -0.1) is 11.3 Å². The highest BCUT2D eigenvalue weighted by Gasteiger charge is 2.22. The topological polar surface area (TPSA) is 96.0 Å². The zero-order chi connectivity index (χ0) is 18.0. The van der Waals surface area contributed by atoms with Crippen LogP contribution in [0.3, 0.4) is 0 Å². The standard InChI is InChI=1S/C18H17N3O3S/c1-11-7-8-12(9-15(11)21(23)24)17(22)20-18-14(10-19)13-5-3-2-4-6-16(13)25-18/h7-9H,2-6H2,1H3,(H,20,22). The van der Waals surface area contributed by atoms with Gasteiger partial charge in [-0.05, 0) is 44.2 Å².